The summed E-state index contributed by atoms with van der Waals surface area (Å²) in [6.45, 7) is 0. The molecule has 1 heterocycles. The van der Waals surface area contributed by atoms with Crippen molar-refractivity contribution in [2.45, 2.75) is 0 Å². The summed E-state index contributed by atoms with van der Waals surface area (Å²) in [6, 6.07) is 12.2. The van der Waals surface area contributed by atoms with Gasteiger partial charge in [0.05, 0.1) is 16.7 Å². The summed E-state index contributed by atoms with van der Waals surface area (Å²) in [5, 5.41) is 5.23. The lowest BCUT2D eigenvalue weighted by molar-refractivity contribution is -0.114. The first-order valence-electron chi connectivity index (χ1n) is 11.4. The van der Waals surface area contributed by atoms with Gasteiger partial charge in [0.15, 0.2) is 6.29 Å². The molecule has 0 aliphatic carbocycles. The minimum atomic E-state index is -0.825. The molecule has 12 heteroatoms. The monoisotopic (exact) mass is 522 g/mol. The number of nitrogens with one attached hydrogen (secondary N) is 2. The number of hydrogen-bond donors (Lipinski definition) is 2. The predicted octanol–water partition coefficient (Wildman–Crippen LogP) is 1.25. The lowest BCUT2D eigenvalue weighted by atomic mass is 9.93. The normalized spacial score (nSPS) is 12.0. The zero-order valence-corrected chi connectivity index (χ0v) is 20.7. The van der Waals surface area contributed by atoms with Crippen LogP contribution < -0.4 is 16.1 Å². The van der Waals surface area contributed by atoms with Crippen molar-refractivity contribution in [2.24, 2.45) is 0 Å². The van der Waals surface area contributed by atoms with Crippen LogP contribution in [0.5, 0.6) is 0 Å². The molecule has 0 aromatic heterocycles. The van der Waals surface area contributed by atoms with Gasteiger partial charge in [-0.3, -0.25) is 33.6 Å². The number of anilines is 2. The third-order valence-corrected chi connectivity index (χ3v) is 5.92. The number of fused-ring (bicyclic) bond motifs is 1. The topological polar surface area (TPSA) is 150 Å². The van der Waals surface area contributed by atoms with Gasteiger partial charge in [-0.25, -0.2) is 4.90 Å². The quantitative estimate of drug-likeness (QED) is 0.269. The highest BCUT2D eigenvalue weighted by Gasteiger charge is 2.36. The van der Waals surface area contributed by atoms with Gasteiger partial charge in [0.25, 0.3) is 29.5 Å². The Morgan fingerprint density at radius 3 is 2.13 bits per heavy atom. The maximum Gasteiger partial charge on any atom is 0.268 e. The van der Waals surface area contributed by atoms with Gasteiger partial charge >= 0.3 is 0 Å². The molecule has 11 nitrogen and oxygen atoms in total. The van der Waals surface area contributed by atoms with Crippen LogP contribution in [0.15, 0.2) is 54.6 Å². The van der Waals surface area contributed by atoms with Crippen LogP contribution in [-0.4, -0.2) is 74.0 Å². The molecule has 6 amide bonds. The molecule has 2 N–H and O–H groups in total. The maximum absolute atomic E-state index is 12.9. The van der Waals surface area contributed by atoms with Gasteiger partial charge in [0.2, 0.25) is 6.41 Å². The molecule has 1 aliphatic heterocycles. The van der Waals surface area contributed by atoms with E-state index in [0.717, 1.165) is 0 Å². The van der Waals surface area contributed by atoms with Crippen molar-refractivity contribution in [3.05, 3.63) is 88.0 Å². The molecule has 192 valence electrons. The first kappa shape index (κ1) is 26.7. The van der Waals surface area contributed by atoms with E-state index in [-0.39, 0.29) is 56.6 Å². The summed E-state index contributed by atoms with van der Waals surface area (Å²) in [7, 11) is 9.07. The molecule has 39 heavy (non-hydrogen) atoms. The van der Waals surface area contributed by atoms with E-state index in [0.29, 0.717) is 11.2 Å². The molecule has 1 aliphatic rings. The Morgan fingerprint density at radius 2 is 1.46 bits per heavy atom. The Balaban J connectivity index is 1.53. The van der Waals surface area contributed by atoms with Gasteiger partial charge in [-0.05, 0) is 48.5 Å². The second-order valence-electron chi connectivity index (χ2n) is 8.68. The fraction of sp³-hybridized carbons (Fsp3) is 0.0741. The maximum atomic E-state index is 12.9. The molecular weight excluding hydrogens is 503 g/mol. The standard InChI is InChI=1S/C27H19BN4O7/c1-31(2)25(37)18-6-3-14(9-16(18)12-33)24(36)30-22-11-17(5-8-21(22)28)29-23(35)15-4-7-19-20(10-15)27(39)32(13-34)26(19)38/h3-13H,1-2H3,(H,29,35)(H,30,36). The lowest BCUT2D eigenvalue weighted by Crippen LogP contribution is -2.27. The smallest absolute Gasteiger partial charge is 0.268 e. The summed E-state index contributed by atoms with van der Waals surface area (Å²) in [5.41, 5.74) is 0.885. The molecule has 0 saturated carbocycles. The molecule has 0 saturated heterocycles. The Bertz CT molecular complexity index is 1600. The van der Waals surface area contributed by atoms with Crippen molar-refractivity contribution in [2.75, 3.05) is 24.7 Å². The molecule has 3 aromatic carbocycles. The summed E-state index contributed by atoms with van der Waals surface area (Å²) in [4.78, 5) is 86.5. The second kappa shape index (κ2) is 10.5. The van der Waals surface area contributed by atoms with Gasteiger partial charge in [-0.1, -0.05) is 11.5 Å². The molecule has 0 atom stereocenters. The van der Waals surface area contributed by atoms with E-state index in [4.69, 9.17) is 7.85 Å². The van der Waals surface area contributed by atoms with E-state index in [9.17, 15) is 33.6 Å². The molecular formula is C27H19BN4O7. The molecule has 0 unspecified atom stereocenters. The van der Waals surface area contributed by atoms with E-state index in [2.05, 4.69) is 10.6 Å². The number of nitrogens with zero attached hydrogens (tertiary/aromatic N) is 2. The zero-order valence-electron chi connectivity index (χ0n) is 20.7. The van der Waals surface area contributed by atoms with E-state index >= 15 is 0 Å². The zero-order chi connectivity index (χ0) is 28.4. The van der Waals surface area contributed by atoms with Crippen LogP contribution in [0.2, 0.25) is 0 Å². The van der Waals surface area contributed by atoms with Gasteiger partial charge in [0.1, 0.15) is 7.85 Å². The van der Waals surface area contributed by atoms with Gasteiger partial charge < -0.3 is 15.5 Å². The predicted molar refractivity (Wildman–Crippen MR) is 141 cm³/mol. The SMILES string of the molecule is [B]c1ccc(NC(=O)c2ccc3c(c2)C(=O)N(C=O)C3=O)cc1NC(=O)c1ccc(C(=O)N(C)C)c(C=O)c1. The van der Waals surface area contributed by atoms with Crippen LogP contribution in [0, 0.1) is 0 Å². The minimum absolute atomic E-state index is 0.0120. The molecule has 0 fully saturated rings. The van der Waals surface area contributed by atoms with Crippen LogP contribution in [0.25, 0.3) is 0 Å². The first-order valence-corrected chi connectivity index (χ1v) is 11.4. The summed E-state index contributed by atoms with van der Waals surface area (Å²) < 4.78 is 0. The summed E-state index contributed by atoms with van der Waals surface area (Å²) >= 11 is 0. The third-order valence-electron chi connectivity index (χ3n) is 5.92. The number of carbonyl (C=O) groups excluding carboxylic acids is 7. The van der Waals surface area contributed by atoms with Crippen molar-refractivity contribution in [3.63, 3.8) is 0 Å². The van der Waals surface area contributed by atoms with Crippen LogP contribution in [0.3, 0.4) is 0 Å². The molecule has 2 radical (unpaired) electrons. The second-order valence-corrected chi connectivity index (χ2v) is 8.68. The Labute approximate surface area is 223 Å². The van der Waals surface area contributed by atoms with Crippen LogP contribution >= 0.6 is 0 Å². The number of aldehydes is 1. The highest BCUT2D eigenvalue weighted by molar-refractivity contribution is 6.37. The van der Waals surface area contributed by atoms with E-state index in [1.807, 2.05) is 0 Å². The fourth-order valence-corrected chi connectivity index (χ4v) is 3.87. The van der Waals surface area contributed by atoms with Gasteiger partial charge in [0, 0.05) is 42.2 Å². The lowest BCUT2D eigenvalue weighted by Gasteiger charge is -2.14. The van der Waals surface area contributed by atoms with E-state index in [1.54, 1.807) is 0 Å². The van der Waals surface area contributed by atoms with Crippen molar-refractivity contribution in [1.82, 2.24) is 9.80 Å². The third kappa shape index (κ3) is 5.07. The van der Waals surface area contributed by atoms with Gasteiger partial charge in [-0.2, -0.15) is 0 Å². The van der Waals surface area contributed by atoms with Crippen molar-refractivity contribution in [3.8, 4) is 0 Å². The molecule has 4 rings (SSSR count). The van der Waals surface area contributed by atoms with Crippen LogP contribution in [-0.2, 0) is 4.79 Å². The number of amides is 6. The first-order chi connectivity index (χ1) is 18.5. The van der Waals surface area contributed by atoms with E-state index in [1.165, 1.54) is 73.6 Å². The van der Waals surface area contributed by atoms with Crippen molar-refractivity contribution < 1.29 is 33.6 Å². The highest BCUT2D eigenvalue weighted by Crippen LogP contribution is 2.24. The van der Waals surface area contributed by atoms with Crippen LogP contribution in [0.1, 0.15) is 62.1 Å². The summed E-state index contributed by atoms with van der Waals surface area (Å²) in [5.74, 6) is -3.22. The number of benzene rings is 3. The average Bonchev–Trinajstić information content (AvgIpc) is 3.17. The number of rotatable bonds is 7. The average molecular weight is 522 g/mol. The molecule has 0 spiro atoms. The van der Waals surface area contributed by atoms with Crippen LogP contribution in [0.4, 0.5) is 11.4 Å². The number of carbonyl (C=O) groups is 7. The highest BCUT2D eigenvalue weighted by atomic mass is 16.2. The Kier molecular flexibility index (Phi) is 7.21. The Hall–Kier alpha value is -5.39. The van der Waals surface area contributed by atoms with E-state index < -0.39 is 29.5 Å². The van der Waals surface area contributed by atoms with Crippen molar-refractivity contribution in [1.29, 1.82) is 0 Å². The minimum Gasteiger partial charge on any atom is -0.345 e. The number of imide groups is 3. The Morgan fingerprint density at radius 1 is 0.821 bits per heavy atom. The van der Waals surface area contributed by atoms with Crippen molar-refractivity contribution >= 4 is 66.9 Å². The fourth-order valence-electron chi connectivity index (χ4n) is 3.87. The largest absolute Gasteiger partial charge is 0.345 e. The number of hydrogen-bond acceptors (Lipinski definition) is 7. The summed E-state index contributed by atoms with van der Waals surface area (Å²) in [6.07, 6.45) is 0.600. The van der Waals surface area contributed by atoms with Gasteiger partial charge in [-0.15, -0.1) is 0 Å². The molecule has 0 bridgehead atoms. The molecule has 3 aromatic rings.